The van der Waals surface area contributed by atoms with E-state index in [1.165, 1.54) is 0 Å². The van der Waals surface area contributed by atoms with Crippen LogP contribution in [0.2, 0.25) is 0 Å². The summed E-state index contributed by atoms with van der Waals surface area (Å²) in [5, 5.41) is 6.58. The van der Waals surface area contributed by atoms with Gasteiger partial charge in [-0.1, -0.05) is 0 Å². The third-order valence-corrected chi connectivity index (χ3v) is 4.45. The number of anilines is 1. The first kappa shape index (κ1) is 16.0. The van der Waals surface area contributed by atoms with Gasteiger partial charge in [0, 0.05) is 31.7 Å². The fourth-order valence-corrected chi connectivity index (χ4v) is 3.28. The van der Waals surface area contributed by atoms with Gasteiger partial charge in [-0.2, -0.15) is 5.10 Å². The molecule has 4 rings (SSSR count). The van der Waals surface area contributed by atoms with Crippen LogP contribution in [0.1, 0.15) is 10.5 Å². The molecule has 2 saturated heterocycles. The number of morpholine rings is 1. The molecule has 2 aliphatic heterocycles. The van der Waals surface area contributed by atoms with E-state index in [9.17, 15) is 4.79 Å². The molecule has 2 aromatic rings. The number of hydrogen-bond acceptors (Lipinski definition) is 7. The van der Waals surface area contributed by atoms with Gasteiger partial charge in [0.2, 0.25) is 5.95 Å². The van der Waals surface area contributed by atoms with Gasteiger partial charge >= 0.3 is 0 Å². The summed E-state index contributed by atoms with van der Waals surface area (Å²) in [5.74, 6) is 0.569. The largest absolute Gasteiger partial charge is 0.376 e. The molecule has 0 saturated carbocycles. The number of rotatable bonds is 2. The number of carbonyl (C=O) groups excluding carboxylic acids is 1. The summed E-state index contributed by atoms with van der Waals surface area (Å²) in [6.07, 6.45) is 5.01. The van der Waals surface area contributed by atoms with Crippen molar-refractivity contribution in [2.75, 3.05) is 50.9 Å². The lowest BCUT2D eigenvalue weighted by Crippen LogP contribution is -2.60. The highest BCUT2D eigenvalue weighted by atomic mass is 16.5. The highest BCUT2D eigenvalue weighted by Gasteiger charge is 2.42. The molecule has 132 valence electrons. The Morgan fingerprint density at radius 3 is 2.84 bits per heavy atom. The third kappa shape index (κ3) is 3.33. The minimum atomic E-state index is -0.594. The first-order chi connectivity index (χ1) is 12.3. The maximum absolute atomic E-state index is 12.6. The summed E-state index contributed by atoms with van der Waals surface area (Å²) in [6.45, 7) is 3.72. The molecule has 2 aliphatic rings. The lowest BCUT2D eigenvalue weighted by Gasteiger charge is -2.43. The van der Waals surface area contributed by atoms with Crippen LogP contribution < -0.4 is 4.90 Å². The number of carbonyl (C=O) groups is 1. The maximum Gasteiger partial charge on any atom is 0.272 e. The Bertz CT molecular complexity index is 710. The van der Waals surface area contributed by atoms with Crippen LogP contribution in [-0.2, 0) is 9.47 Å². The van der Waals surface area contributed by atoms with Crippen molar-refractivity contribution >= 4 is 11.9 Å². The number of hydrogen-bond donors (Lipinski definition) is 1. The van der Waals surface area contributed by atoms with Crippen molar-refractivity contribution in [1.29, 1.82) is 0 Å². The van der Waals surface area contributed by atoms with Gasteiger partial charge in [0.25, 0.3) is 5.91 Å². The maximum atomic E-state index is 12.6. The van der Waals surface area contributed by atoms with Crippen molar-refractivity contribution in [3.8, 4) is 0 Å². The Hall–Kier alpha value is -2.52. The molecule has 9 nitrogen and oxygen atoms in total. The predicted octanol–water partition coefficient (Wildman–Crippen LogP) is -0.0523. The van der Waals surface area contributed by atoms with Crippen molar-refractivity contribution in [2.24, 2.45) is 0 Å². The van der Waals surface area contributed by atoms with Crippen LogP contribution in [0.5, 0.6) is 0 Å². The van der Waals surface area contributed by atoms with Gasteiger partial charge in [-0.25, -0.2) is 9.97 Å². The smallest absolute Gasteiger partial charge is 0.272 e. The summed E-state index contributed by atoms with van der Waals surface area (Å²) in [7, 11) is 0. The standard InChI is InChI=1S/C16H20N6O3/c23-14(13-2-5-19-20-13)21-7-9-25-16(10-21)11-22(6-8-24-12-16)15-17-3-1-4-18-15/h1-5H,6-12H2,(H,19,20)/t16-/m0/s1. The Labute approximate surface area is 145 Å². The normalized spacial score (nSPS) is 24.3. The van der Waals surface area contributed by atoms with Gasteiger partial charge in [0.05, 0.1) is 32.9 Å². The first-order valence-electron chi connectivity index (χ1n) is 8.28. The van der Waals surface area contributed by atoms with E-state index in [2.05, 4.69) is 25.1 Å². The summed E-state index contributed by atoms with van der Waals surface area (Å²) in [4.78, 5) is 25.1. The molecule has 2 fully saturated rings. The van der Waals surface area contributed by atoms with Crippen molar-refractivity contribution in [1.82, 2.24) is 25.1 Å². The number of nitrogens with zero attached hydrogens (tertiary/aromatic N) is 5. The molecule has 1 spiro atoms. The molecule has 0 unspecified atom stereocenters. The molecule has 0 aromatic carbocycles. The van der Waals surface area contributed by atoms with Gasteiger partial charge < -0.3 is 19.3 Å². The summed E-state index contributed by atoms with van der Waals surface area (Å²) in [5.41, 5.74) is -0.112. The molecule has 25 heavy (non-hydrogen) atoms. The van der Waals surface area contributed by atoms with Gasteiger partial charge in [-0.15, -0.1) is 0 Å². The van der Waals surface area contributed by atoms with Crippen LogP contribution in [0.4, 0.5) is 5.95 Å². The van der Waals surface area contributed by atoms with E-state index < -0.39 is 5.60 Å². The van der Waals surface area contributed by atoms with Crippen LogP contribution in [0, 0.1) is 0 Å². The third-order valence-electron chi connectivity index (χ3n) is 4.45. The van der Waals surface area contributed by atoms with Gasteiger partial charge in [-0.3, -0.25) is 9.89 Å². The Morgan fingerprint density at radius 2 is 2.04 bits per heavy atom. The molecule has 9 heteroatoms. The number of nitrogens with one attached hydrogen (secondary N) is 1. The quantitative estimate of drug-likeness (QED) is 0.816. The van der Waals surface area contributed by atoms with Crippen molar-refractivity contribution in [3.63, 3.8) is 0 Å². The van der Waals surface area contributed by atoms with Crippen molar-refractivity contribution in [2.45, 2.75) is 5.60 Å². The molecule has 1 atom stereocenters. The Morgan fingerprint density at radius 1 is 1.16 bits per heavy atom. The average Bonchev–Trinajstić information content (AvgIpc) is 3.12. The molecule has 1 N–H and O–H groups in total. The fourth-order valence-electron chi connectivity index (χ4n) is 3.28. The topological polar surface area (TPSA) is 96.5 Å². The van der Waals surface area contributed by atoms with Crippen LogP contribution in [0.15, 0.2) is 30.7 Å². The second-order valence-electron chi connectivity index (χ2n) is 6.25. The summed E-state index contributed by atoms with van der Waals surface area (Å²) >= 11 is 0. The van der Waals surface area contributed by atoms with E-state index >= 15 is 0 Å². The van der Waals surface area contributed by atoms with Crippen LogP contribution in [0.25, 0.3) is 0 Å². The van der Waals surface area contributed by atoms with E-state index in [4.69, 9.17) is 9.47 Å². The van der Waals surface area contributed by atoms with Gasteiger partial charge in [-0.05, 0) is 12.1 Å². The summed E-state index contributed by atoms with van der Waals surface area (Å²) in [6, 6.07) is 3.47. The molecule has 1 amide bonds. The highest BCUT2D eigenvalue weighted by molar-refractivity contribution is 5.92. The minimum absolute atomic E-state index is 0.0769. The monoisotopic (exact) mass is 344 g/mol. The van der Waals surface area contributed by atoms with E-state index in [-0.39, 0.29) is 5.91 Å². The molecule has 4 heterocycles. The molecule has 0 aliphatic carbocycles. The number of aromatic nitrogens is 4. The van der Waals surface area contributed by atoms with E-state index in [0.29, 0.717) is 57.6 Å². The van der Waals surface area contributed by atoms with Crippen LogP contribution >= 0.6 is 0 Å². The lowest BCUT2D eigenvalue weighted by atomic mass is 10.0. The zero-order chi connectivity index (χ0) is 17.1. The van der Waals surface area contributed by atoms with E-state index in [1.54, 1.807) is 35.6 Å². The fraction of sp³-hybridized carbons (Fsp3) is 0.500. The van der Waals surface area contributed by atoms with Crippen LogP contribution in [-0.4, -0.2) is 82.6 Å². The van der Waals surface area contributed by atoms with Crippen molar-refractivity contribution < 1.29 is 14.3 Å². The summed E-state index contributed by atoms with van der Waals surface area (Å²) < 4.78 is 11.9. The number of aromatic amines is 1. The number of amides is 1. The lowest BCUT2D eigenvalue weighted by molar-refractivity contribution is -0.124. The zero-order valence-corrected chi connectivity index (χ0v) is 13.8. The number of ether oxygens (including phenoxy) is 2. The zero-order valence-electron chi connectivity index (χ0n) is 13.8. The van der Waals surface area contributed by atoms with Crippen molar-refractivity contribution in [3.05, 3.63) is 36.4 Å². The Balaban J connectivity index is 1.53. The predicted molar refractivity (Wildman–Crippen MR) is 88.2 cm³/mol. The molecule has 0 bridgehead atoms. The first-order valence-corrected chi connectivity index (χ1v) is 8.28. The van der Waals surface area contributed by atoms with Gasteiger partial charge in [0.1, 0.15) is 11.3 Å². The molecular formula is C16H20N6O3. The molecule has 0 radical (unpaired) electrons. The second kappa shape index (κ2) is 6.77. The highest BCUT2D eigenvalue weighted by Crippen LogP contribution is 2.25. The van der Waals surface area contributed by atoms with E-state index in [0.717, 1.165) is 0 Å². The molecular weight excluding hydrogens is 324 g/mol. The second-order valence-corrected chi connectivity index (χ2v) is 6.25. The SMILES string of the molecule is O=C(c1ccn[nH]1)N1CCO[C@@]2(COCCN(c3ncccn3)C2)C1. The molecule has 2 aromatic heterocycles. The average molecular weight is 344 g/mol. The van der Waals surface area contributed by atoms with Gasteiger partial charge in [0.15, 0.2) is 0 Å². The van der Waals surface area contributed by atoms with Crippen LogP contribution in [0.3, 0.4) is 0 Å². The van der Waals surface area contributed by atoms with E-state index in [1.807, 2.05) is 0 Å². The Kier molecular flexibility index (Phi) is 4.33. The number of H-pyrrole nitrogens is 1. The minimum Gasteiger partial charge on any atom is -0.376 e.